The van der Waals surface area contributed by atoms with Gasteiger partial charge in [-0.1, -0.05) is 54.5 Å². The average Bonchev–Trinajstić information content (AvgIpc) is 3.21. The summed E-state index contributed by atoms with van der Waals surface area (Å²) < 4.78 is 20.0. The van der Waals surface area contributed by atoms with Gasteiger partial charge in [0.05, 0.1) is 6.42 Å². The van der Waals surface area contributed by atoms with Gasteiger partial charge in [-0.2, -0.15) is 0 Å². The second kappa shape index (κ2) is 9.73. The van der Waals surface area contributed by atoms with Crippen LogP contribution < -0.4 is 11.1 Å². The zero-order chi connectivity index (χ0) is 23.3. The number of nitrogens with zero attached hydrogens (tertiary/aromatic N) is 2. The predicted molar refractivity (Wildman–Crippen MR) is 115 cm³/mol. The lowest BCUT2D eigenvalue weighted by Crippen LogP contribution is -2.30. The van der Waals surface area contributed by atoms with Gasteiger partial charge in [-0.3, -0.25) is 4.79 Å². The van der Waals surface area contributed by atoms with Crippen LogP contribution in [0.2, 0.25) is 0 Å². The van der Waals surface area contributed by atoms with E-state index in [9.17, 15) is 14.0 Å². The van der Waals surface area contributed by atoms with E-state index in [-0.39, 0.29) is 23.5 Å². The molecule has 0 aliphatic heterocycles. The Kier molecular flexibility index (Phi) is 6.83. The highest BCUT2D eigenvalue weighted by Crippen LogP contribution is 2.30. The number of carbonyl (C=O) groups is 2. The van der Waals surface area contributed by atoms with Gasteiger partial charge in [0.2, 0.25) is 0 Å². The van der Waals surface area contributed by atoms with Crippen molar-refractivity contribution in [2.45, 2.75) is 25.3 Å². The molecular weight excluding hydrogens is 419 g/mol. The molecule has 2 aromatic carbocycles. The molecule has 3 rings (SSSR count). The fourth-order valence-electron chi connectivity index (χ4n) is 3.05. The molecule has 0 spiro atoms. The van der Waals surface area contributed by atoms with Crippen LogP contribution in [0, 0.1) is 5.82 Å². The number of anilines is 1. The van der Waals surface area contributed by atoms with Crippen LogP contribution in [-0.2, 0) is 9.59 Å². The molecule has 1 aromatic heterocycles. The van der Waals surface area contributed by atoms with E-state index in [0.717, 1.165) is 5.56 Å². The van der Waals surface area contributed by atoms with Crippen molar-refractivity contribution in [3.05, 3.63) is 71.7 Å². The number of nitrogens with one attached hydrogen (secondary N) is 1. The third-order valence-electron chi connectivity index (χ3n) is 4.74. The van der Waals surface area contributed by atoms with Crippen molar-refractivity contribution in [2.75, 3.05) is 5.32 Å². The number of carboxylic acid groups (broad SMARTS) is 2. The molecule has 0 saturated heterocycles. The van der Waals surface area contributed by atoms with Crippen LogP contribution in [0.4, 0.5) is 10.2 Å². The Hall–Kier alpha value is -4.21. The zero-order valence-electron chi connectivity index (χ0n) is 17.0. The van der Waals surface area contributed by atoms with Gasteiger partial charge in [0.1, 0.15) is 11.6 Å². The largest absolute Gasteiger partial charge is 0.481 e. The fraction of sp³-hybridized carbons (Fsp3) is 0.182. The van der Waals surface area contributed by atoms with Crippen LogP contribution in [-0.4, -0.2) is 39.3 Å². The molecule has 2 unspecified atom stereocenters. The molecule has 0 aliphatic carbocycles. The van der Waals surface area contributed by atoms with Crippen molar-refractivity contribution >= 4 is 23.7 Å². The van der Waals surface area contributed by atoms with Gasteiger partial charge in [-0.25, -0.2) is 14.2 Å². The zero-order valence-corrected chi connectivity index (χ0v) is 17.0. The lowest BCUT2D eigenvalue weighted by atomic mass is 9.95. The molecule has 3 aromatic rings. The van der Waals surface area contributed by atoms with Crippen molar-refractivity contribution in [1.29, 1.82) is 0 Å². The van der Waals surface area contributed by atoms with Crippen LogP contribution in [0.1, 0.15) is 30.6 Å². The second-order valence-corrected chi connectivity index (χ2v) is 7.03. The second-order valence-electron chi connectivity index (χ2n) is 7.03. The summed E-state index contributed by atoms with van der Waals surface area (Å²) in [5.74, 6) is -3.22. The van der Waals surface area contributed by atoms with Gasteiger partial charge in [0.15, 0.2) is 17.8 Å². The molecule has 10 heteroatoms. The van der Waals surface area contributed by atoms with E-state index in [1.165, 1.54) is 12.1 Å². The van der Waals surface area contributed by atoms with Gasteiger partial charge in [0.25, 0.3) is 0 Å². The molecule has 166 valence electrons. The van der Waals surface area contributed by atoms with Gasteiger partial charge in [-0.15, -0.1) is 0 Å². The summed E-state index contributed by atoms with van der Waals surface area (Å²) in [5, 5.41) is 24.2. The number of aliphatic carboxylic acids is 2. The lowest BCUT2D eigenvalue weighted by molar-refractivity contribution is -0.144. The van der Waals surface area contributed by atoms with Gasteiger partial charge in [0, 0.05) is 17.5 Å². The Bertz CT molecular complexity index is 1150. The normalized spacial score (nSPS) is 13.4. The molecule has 2 atom stereocenters. The lowest BCUT2D eigenvalue weighted by Gasteiger charge is -2.10. The minimum Gasteiger partial charge on any atom is -0.481 e. The number of halogens is 1. The maximum absolute atomic E-state index is 14.7. The van der Waals surface area contributed by atoms with E-state index in [1.54, 1.807) is 12.1 Å². The highest BCUT2D eigenvalue weighted by molar-refractivity contribution is 5.93. The van der Waals surface area contributed by atoms with Crippen LogP contribution >= 0.6 is 0 Å². The topological polar surface area (TPSA) is 151 Å². The minimum absolute atomic E-state index is 0.147. The van der Waals surface area contributed by atoms with E-state index in [2.05, 4.69) is 15.5 Å². The Balaban J connectivity index is 1.73. The summed E-state index contributed by atoms with van der Waals surface area (Å²) in [6, 6.07) is 14.1. The number of hydrogen-bond donors (Lipinski definition) is 4. The molecule has 0 bridgehead atoms. The maximum Gasteiger partial charge on any atom is 0.329 e. The van der Waals surface area contributed by atoms with Crippen molar-refractivity contribution in [1.82, 2.24) is 5.16 Å². The molecule has 0 saturated carbocycles. The molecule has 0 radical (unpaired) electrons. The summed E-state index contributed by atoms with van der Waals surface area (Å²) in [5.41, 5.74) is 7.58. The number of hydrogen-bond acceptors (Lipinski definition) is 5. The van der Waals surface area contributed by atoms with Crippen molar-refractivity contribution in [3.8, 4) is 11.1 Å². The monoisotopic (exact) mass is 440 g/mol. The first-order valence-corrected chi connectivity index (χ1v) is 9.61. The quantitative estimate of drug-likeness (QED) is 0.308. The third kappa shape index (κ3) is 5.48. The third-order valence-corrected chi connectivity index (χ3v) is 4.74. The van der Waals surface area contributed by atoms with Gasteiger partial charge in [-0.05, 0) is 17.2 Å². The molecule has 9 nitrogen and oxygen atoms in total. The Morgan fingerprint density at radius 3 is 2.53 bits per heavy atom. The number of aromatic nitrogens is 1. The maximum atomic E-state index is 14.7. The standard InChI is InChI=1S/C22H21FN4O5/c1-12(14-7-8-15(16(23)9-14)13-5-3-2-4-6-13)18-11-19(27-32-18)26-22(24)25-17(21(30)31)10-20(28)29/h2-9,11-12,17H,10H2,1H3,(H,28,29)(H,30,31)(H3,24,25,26,27). The number of rotatable bonds is 8. The Morgan fingerprint density at radius 1 is 1.19 bits per heavy atom. The molecule has 0 aliphatic rings. The minimum atomic E-state index is -1.55. The van der Waals surface area contributed by atoms with Gasteiger partial charge < -0.3 is 25.8 Å². The van der Waals surface area contributed by atoms with E-state index >= 15 is 0 Å². The number of nitrogens with two attached hydrogens (primary N) is 1. The summed E-state index contributed by atoms with van der Waals surface area (Å²) >= 11 is 0. The number of guanidine groups is 1. The van der Waals surface area contributed by atoms with Crippen LogP contribution in [0.3, 0.4) is 0 Å². The number of benzene rings is 2. The number of carboxylic acids is 2. The first kappa shape index (κ1) is 22.5. The summed E-state index contributed by atoms with van der Waals surface area (Å²) in [7, 11) is 0. The molecule has 5 N–H and O–H groups in total. The van der Waals surface area contributed by atoms with Crippen LogP contribution in [0.15, 0.2) is 64.1 Å². The smallest absolute Gasteiger partial charge is 0.329 e. The summed E-state index contributed by atoms with van der Waals surface area (Å²) in [6.45, 7) is 1.81. The molecular formula is C22H21FN4O5. The van der Waals surface area contributed by atoms with E-state index in [1.807, 2.05) is 37.3 Å². The van der Waals surface area contributed by atoms with E-state index in [0.29, 0.717) is 16.9 Å². The highest BCUT2D eigenvalue weighted by atomic mass is 19.1. The molecule has 0 fully saturated rings. The predicted octanol–water partition coefficient (Wildman–Crippen LogP) is 3.29. The van der Waals surface area contributed by atoms with Crippen LogP contribution in [0.5, 0.6) is 0 Å². The molecule has 32 heavy (non-hydrogen) atoms. The first-order chi connectivity index (χ1) is 15.2. The first-order valence-electron chi connectivity index (χ1n) is 9.61. The number of aliphatic imine (C=N–C) groups is 1. The Labute approximate surface area is 182 Å². The van der Waals surface area contributed by atoms with E-state index in [4.69, 9.17) is 20.5 Å². The van der Waals surface area contributed by atoms with Crippen LogP contribution in [0.25, 0.3) is 11.1 Å². The SMILES string of the molecule is CC(c1ccc(-c2ccccc2)c(F)c1)c1cc(NC(N)=NC(CC(=O)O)C(=O)O)no1. The average molecular weight is 440 g/mol. The fourth-order valence-corrected chi connectivity index (χ4v) is 3.05. The van der Waals surface area contributed by atoms with E-state index < -0.39 is 24.4 Å². The van der Waals surface area contributed by atoms with Crippen molar-refractivity contribution in [2.24, 2.45) is 10.7 Å². The molecule has 1 heterocycles. The van der Waals surface area contributed by atoms with Crippen molar-refractivity contribution in [3.63, 3.8) is 0 Å². The molecule has 0 amide bonds. The summed E-state index contributed by atoms with van der Waals surface area (Å²) in [6.07, 6.45) is -0.719. The Morgan fingerprint density at radius 2 is 1.91 bits per heavy atom. The highest BCUT2D eigenvalue weighted by Gasteiger charge is 2.21. The summed E-state index contributed by atoms with van der Waals surface area (Å²) in [4.78, 5) is 25.5. The van der Waals surface area contributed by atoms with Gasteiger partial charge >= 0.3 is 11.9 Å². The van der Waals surface area contributed by atoms with Crippen molar-refractivity contribution < 1.29 is 28.7 Å².